The highest BCUT2D eigenvalue weighted by Crippen LogP contribution is 2.10. The highest BCUT2D eigenvalue weighted by atomic mass is 32.2. The summed E-state index contributed by atoms with van der Waals surface area (Å²) in [6.45, 7) is 0. The van der Waals surface area contributed by atoms with Crippen LogP contribution in [0.5, 0.6) is 0 Å². The summed E-state index contributed by atoms with van der Waals surface area (Å²) in [6, 6.07) is 0. The van der Waals surface area contributed by atoms with E-state index in [0.29, 0.717) is 0 Å². The van der Waals surface area contributed by atoms with Crippen molar-refractivity contribution in [3.05, 3.63) is 35.3 Å². The molecule has 0 bridgehead atoms. The Balaban J connectivity index is 2.69. The van der Waals surface area contributed by atoms with Crippen LogP contribution in [0.3, 0.4) is 0 Å². The van der Waals surface area contributed by atoms with Crippen molar-refractivity contribution in [1.29, 1.82) is 0 Å². The number of rotatable bonds is 1. The van der Waals surface area contributed by atoms with Gasteiger partial charge in [-0.1, -0.05) is 18.2 Å². The Hall–Kier alpha value is -0.470. The summed E-state index contributed by atoms with van der Waals surface area (Å²) in [7, 11) is 0. The molecule has 1 aliphatic rings. The van der Waals surface area contributed by atoms with Crippen molar-refractivity contribution in [2.45, 2.75) is 6.42 Å². The highest BCUT2D eigenvalue weighted by molar-refractivity contribution is 7.94. The van der Waals surface area contributed by atoms with Crippen LogP contribution in [-0.2, 0) is 11.2 Å². The lowest BCUT2D eigenvalue weighted by atomic mass is 10.4. The molecular weight excluding hydrogens is 144 g/mol. The van der Waals surface area contributed by atoms with Crippen molar-refractivity contribution in [1.82, 2.24) is 0 Å². The zero-order valence-corrected chi connectivity index (χ0v) is 6.73. The smallest absolute Gasteiger partial charge is 0.148 e. The predicted octanol–water partition coefficient (Wildman–Crippen LogP) is 1.76. The summed E-state index contributed by atoms with van der Waals surface area (Å²) in [4.78, 5) is 0.921. The Kier molecular flexibility index (Phi) is 2.78. The van der Waals surface area contributed by atoms with Gasteiger partial charge in [-0.2, -0.15) is 0 Å². The van der Waals surface area contributed by atoms with Crippen molar-refractivity contribution in [2.75, 3.05) is 6.26 Å². The monoisotopic (exact) mass is 154 g/mol. The minimum Gasteiger partial charge on any atom is -0.612 e. The molecule has 0 radical (unpaired) electrons. The van der Waals surface area contributed by atoms with Gasteiger partial charge >= 0.3 is 0 Å². The van der Waals surface area contributed by atoms with E-state index in [2.05, 4.69) is 0 Å². The fourth-order valence-electron chi connectivity index (χ4n) is 0.773. The van der Waals surface area contributed by atoms with Crippen LogP contribution in [0, 0.1) is 0 Å². The quantitative estimate of drug-likeness (QED) is 0.528. The Morgan fingerprint density at radius 2 is 2.30 bits per heavy atom. The van der Waals surface area contributed by atoms with E-state index < -0.39 is 11.2 Å². The Morgan fingerprint density at radius 1 is 1.50 bits per heavy atom. The predicted molar refractivity (Wildman–Crippen MR) is 45.0 cm³/mol. The van der Waals surface area contributed by atoms with Crippen LogP contribution >= 0.6 is 0 Å². The van der Waals surface area contributed by atoms with Gasteiger partial charge in [0.15, 0.2) is 0 Å². The second-order valence-electron chi connectivity index (χ2n) is 2.08. The summed E-state index contributed by atoms with van der Waals surface area (Å²) in [6.07, 6.45) is 12.4. The van der Waals surface area contributed by atoms with Gasteiger partial charge in [0, 0.05) is 0 Å². The second kappa shape index (κ2) is 3.64. The Morgan fingerprint density at radius 3 is 3.00 bits per heavy atom. The van der Waals surface area contributed by atoms with E-state index >= 15 is 0 Å². The van der Waals surface area contributed by atoms with E-state index in [-0.39, 0.29) is 0 Å². The van der Waals surface area contributed by atoms with E-state index in [0.717, 1.165) is 11.3 Å². The van der Waals surface area contributed by atoms with E-state index in [4.69, 9.17) is 0 Å². The first kappa shape index (κ1) is 7.63. The first-order chi connectivity index (χ1) is 4.80. The van der Waals surface area contributed by atoms with Gasteiger partial charge < -0.3 is 4.55 Å². The average molecular weight is 154 g/mol. The molecule has 0 unspecified atom stereocenters. The fraction of sp³-hybridized carbons (Fsp3) is 0.250. The lowest BCUT2D eigenvalue weighted by Crippen LogP contribution is -1.97. The van der Waals surface area contributed by atoms with Crippen LogP contribution in [0.1, 0.15) is 6.42 Å². The first-order valence-electron chi connectivity index (χ1n) is 3.17. The van der Waals surface area contributed by atoms with Crippen LogP contribution < -0.4 is 0 Å². The first-order valence-corrected chi connectivity index (χ1v) is 4.73. The van der Waals surface area contributed by atoms with Crippen molar-refractivity contribution in [2.24, 2.45) is 0 Å². The molecule has 2 heteroatoms. The second-order valence-corrected chi connectivity index (χ2v) is 3.46. The summed E-state index contributed by atoms with van der Waals surface area (Å²) in [5, 5.41) is 0. The third kappa shape index (κ3) is 2.05. The molecule has 0 heterocycles. The van der Waals surface area contributed by atoms with E-state index in [1.165, 1.54) is 0 Å². The van der Waals surface area contributed by atoms with Gasteiger partial charge in [-0.3, -0.25) is 0 Å². The third-order valence-corrected chi connectivity index (χ3v) is 2.26. The largest absolute Gasteiger partial charge is 0.612 e. The van der Waals surface area contributed by atoms with Crippen molar-refractivity contribution >= 4 is 11.2 Å². The average Bonchev–Trinajstić information content (AvgIpc) is 2.12. The van der Waals surface area contributed by atoms with E-state index in [1.807, 2.05) is 30.4 Å². The van der Waals surface area contributed by atoms with Crippen molar-refractivity contribution in [3.8, 4) is 0 Å². The molecule has 0 aromatic carbocycles. The van der Waals surface area contributed by atoms with Crippen LogP contribution in [0.2, 0.25) is 0 Å². The molecule has 10 heavy (non-hydrogen) atoms. The molecule has 0 saturated heterocycles. The van der Waals surface area contributed by atoms with Crippen molar-refractivity contribution in [3.63, 3.8) is 0 Å². The molecule has 1 atom stereocenters. The normalized spacial score (nSPS) is 20.0. The van der Waals surface area contributed by atoms with E-state index in [1.54, 1.807) is 6.26 Å². The Labute approximate surface area is 64.3 Å². The molecule has 0 fully saturated rings. The van der Waals surface area contributed by atoms with Crippen LogP contribution in [0.15, 0.2) is 35.3 Å². The molecule has 1 aliphatic carbocycles. The summed E-state index contributed by atoms with van der Waals surface area (Å²) >= 11 is -0.829. The fourth-order valence-corrected chi connectivity index (χ4v) is 1.37. The molecular formula is C8H10OS. The Bertz CT molecular complexity index is 189. The molecule has 54 valence electrons. The zero-order valence-electron chi connectivity index (χ0n) is 5.91. The van der Waals surface area contributed by atoms with Gasteiger partial charge in [-0.05, 0) is 29.7 Å². The van der Waals surface area contributed by atoms with Gasteiger partial charge in [-0.15, -0.1) is 0 Å². The minimum atomic E-state index is -0.829. The molecule has 0 aromatic rings. The maximum absolute atomic E-state index is 10.9. The van der Waals surface area contributed by atoms with E-state index in [9.17, 15) is 4.55 Å². The standard InChI is InChI=1S/C8H10OS/c1-10(9)8-6-4-2-3-5-7-8/h2-4,6-7H,5H2,1H3/t10-/m1/s1. The van der Waals surface area contributed by atoms with Gasteiger partial charge in [0.05, 0.1) is 0 Å². The molecule has 0 saturated carbocycles. The van der Waals surface area contributed by atoms with Gasteiger partial charge in [0.25, 0.3) is 0 Å². The molecule has 1 rings (SSSR count). The number of hydrogen-bond acceptors (Lipinski definition) is 1. The maximum Gasteiger partial charge on any atom is 0.148 e. The molecule has 0 amide bonds. The number of allylic oxidation sites excluding steroid dienone is 5. The SMILES string of the molecule is C[S@@+]([O-])C1=CCC=CC=C1. The molecule has 0 N–H and O–H groups in total. The van der Waals surface area contributed by atoms with Crippen LogP contribution in [0.25, 0.3) is 0 Å². The summed E-state index contributed by atoms with van der Waals surface area (Å²) in [5.41, 5.74) is 0. The summed E-state index contributed by atoms with van der Waals surface area (Å²) < 4.78 is 10.9. The minimum absolute atomic E-state index is 0.829. The number of hydrogen-bond donors (Lipinski definition) is 0. The molecule has 1 nitrogen and oxygen atoms in total. The zero-order chi connectivity index (χ0) is 7.40. The molecule has 0 spiro atoms. The maximum atomic E-state index is 10.9. The topological polar surface area (TPSA) is 23.1 Å². The van der Waals surface area contributed by atoms with Gasteiger partial charge in [0.2, 0.25) is 0 Å². The highest BCUT2D eigenvalue weighted by Gasteiger charge is 2.02. The van der Waals surface area contributed by atoms with Crippen LogP contribution in [0.4, 0.5) is 0 Å². The lowest BCUT2D eigenvalue weighted by molar-refractivity contribution is 0.607. The molecule has 0 aromatic heterocycles. The van der Waals surface area contributed by atoms with Crippen LogP contribution in [-0.4, -0.2) is 10.8 Å². The van der Waals surface area contributed by atoms with Crippen molar-refractivity contribution < 1.29 is 4.55 Å². The van der Waals surface area contributed by atoms with Gasteiger partial charge in [-0.25, -0.2) is 0 Å². The van der Waals surface area contributed by atoms with Gasteiger partial charge in [0.1, 0.15) is 11.2 Å². The lowest BCUT2D eigenvalue weighted by Gasteiger charge is -2.02. The third-order valence-electron chi connectivity index (χ3n) is 1.29. The summed E-state index contributed by atoms with van der Waals surface area (Å²) in [5.74, 6) is 0. The molecule has 0 aliphatic heterocycles.